The molecule has 1 saturated heterocycles. The van der Waals surface area contributed by atoms with Gasteiger partial charge in [-0.1, -0.05) is 12.1 Å². The third-order valence-electron chi connectivity index (χ3n) is 2.56. The Morgan fingerprint density at radius 3 is 2.81 bits per heavy atom. The number of halogens is 2. The minimum absolute atomic E-state index is 0. The fourth-order valence-corrected chi connectivity index (χ4v) is 1.68. The molecule has 1 aromatic carbocycles. The highest BCUT2D eigenvalue weighted by Gasteiger charge is 2.22. The Balaban J connectivity index is 0.00000128. The Morgan fingerprint density at radius 2 is 2.19 bits per heavy atom. The van der Waals surface area contributed by atoms with Crippen LogP contribution in [-0.2, 0) is 4.79 Å². The maximum absolute atomic E-state index is 13.2. The van der Waals surface area contributed by atoms with Crippen molar-refractivity contribution in [1.82, 2.24) is 5.32 Å². The Hall–Kier alpha value is -1.13. The third-order valence-corrected chi connectivity index (χ3v) is 2.56. The van der Waals surface area contributed by atoms with Crippen LogP contribution in [0.3, 0.4) is 0 Å². The molecule has 88 valence electrons. The fraction of sp³-hybridized carbons (Fsp3) is 0.364. The van der Waals surface area contributed by atoms with Gasteiger partial charge in [0, 0.05) is 6.54 Å². The van der Waals surface area contributed by atoms with Gasteiger partial charge in [-0.25, -0.2) is 4.39 Å². The predicted molar refractivity (Wildman–Crippen MR) is 63.3 cm³/mol. The Labute approximate surface area is 99.8 Å². The third kappa shape index (κ3) is 2.93. The van der Waals surface area contributed by atoms with Gasteiger partial charge in [0.25, 0.3) is 0 Å². The van der Waals surface area contributed by atoms with E-state index in [1.807, 2.05) is 0 Å². The SMILES string of the molecule is Cl.O=C(Nc1ccccc1F)[C@H]1CCNC1. The number of carbonyl (C=O) groups excluding carboxylic acids is 1. The summed E-state index contributed by atoms with van der Waals surface area (Å²) in [5.41, 5.74) is 0.259. The minimum atomic E-state index is -0.392. The van der Waals surface area contributed by atoms with Crippen LogP contribution in [-0.4, -0.2) is 19.0 Å². The van der Waals surface area contributed by atoms with E-state index in [0.717, 1.165) is 13.0 Å². The van der Waals surface area contributed by atoms with Gasteiger partial charge in [0.1, 0.15) is 5.82 Å². The van der Waals surface area contributed by atoms with E-state index in [1.54, 1.807) is 18.2 Å². The number of benzene rings is 1. The van der Waals surface area contributed by atoms with E-state index in [-0.39, 0.29) is 29.9 Å². The first-order valence-electron chi connectivity index (χ1n) is 5.03. The Morgan fingerprint density at radius 1 is 1.44 bits per heavy atom. The standard InChI is InChI=1S/C11H13FN2O.ClH/c12-9-3-1-2-4-10(9)14-11(15)8-5-6-13-7-8;/h1-4,8,13H,5-7H2,(H,14,15);1H/t8-;/m0./s1. The van der Waals surface area contributed by atoms with Gasteiger partial charge in [0.15, 0.2) is 0 Å². The van der Waals surface area contributed by atoms with E-state index in [1.165, 1.54) is 6.07 Å². The summed E-state index contributed by atoms with van der Waals surface area (Å²) in [5, 5.41) is 5.70. The Bertz CT molecular complexity index is 367. The smallest absolute Gasteiger partial charge is 0.228 e. The van der Waals surface area contributed by atoms with Crippen LogP contribution in [0.4, 0.5) is 10.1 Å². The lowest BCUT2D eigenvalue weighted by Gasteiger charge is -2.10. The first-order valence-corrected chi connectivity index (χ1v) is 5.03. The molecule has 5 heteroatoms. The van der Waals surface area contributed by atoms with Crippen molar-refractivity contribution in [3.05, 3.63) is 30.1 Å². The van der Waals surface area contributed by atoms with Crippen molar-refractivity contribution in [1.29, 1.82) is 0 Å². The zero-order valence-electron chi connectivity index (χ0n) is 8.70. The molecule has 1 amide bonds. The van der Waals surface area contributed by atoms with E-state index in [2.05, 4.69) is 10.6 Å². The lowest BCUT2D eigenvalue weighted by Crippen LogP contribution is -2.25. The normalized spacial score (nSPS) is 18.9. The summed E-state index contributed by atoms with van der Waals surface area (Å²) in [6, 6.07) is 6.20. The van der Waals surface area contributed by atoms with Crippen LogP contribution < -0.4 is 10.6 Å². The number of para-hydroxylation sites is 1. The van der Waals surface area contributed by atoms with E-state index >= 15 is 0 Å². The second-order valence-electron chi connectivity index (χ2n) is 3.66. The molecule has 1 aromatic rings. The largest absolute Gasteiger partial charge is 0.323 e. The number of hydrogen-bond donors (Lipinski definition) is 2. The molecule has 0 aliphatic carbocycles. The average Bonchev–Trinajstić information content (AvgIpc) is 2.74. The monoisotopic (exact) mass is 244 g/mol. The molecule has 1 aliphatic rings. The van der Waals surface area contributed by atoms with Crippen LogP contribution in [0.1, 0.15) is 6.42 Å². The number of rotatable bonds is 2. The van der Waals surface area contributed by atoms with Crippen molar-refractivity contribution in [2.75, 3.05) is 18.4 Å². The second-order valence-corrected chi connectivity index (χ2v) is 3.66. The summed E-state index contributed by atoms with van der Waals surface area (Å²) in [6.07, 6.45) is 0.820. The van der Waals surface area contributed by atoms with Gasteiger partial charge in [-0.2, -0.15) is 0 Å². The van der Waals surface area contributed by atoms with Crippen LogP contribution in [0.15, 0.2) is 24.3 Å². The summed E-state index contributed by atoms with van der Waals surface area (Å²) >= 11 is 0. The number of carbonyl (C=O) groups is 1. The molecule has 1 fully saturated rings. The first-order chi connectivity index (χ1) is 7.27. The highest BCUT2D eigenvalue weighted by atomic mass is 35.5. The quantitative estimate of drug-likeness (QED) is 0.833. The molecule has 16 heavy (non-hydrogen) atoms. The molecule has 1 atom stereocenters. The zero-order valence-corrected chi connectivity index (χ0v) is 9.52. The molecule has 3 nitrogen and oxygen atoms in total. The lowest BCUT2D eigenvalue weighted by molar-refractivity contribution is -0.119. The molecule has 0 radical (unpaired) electrons. The number of hydrogen-bond acceptors (Lipinski definition) is 2. The van der Waals surface area contributed by atoms with Crippen molar-refractivity contribution in [2.24, 2.45) is 5.92 Å². The molecule has 0 bridgehead atoms. The summed E-state index contributed by atoms with van der Waals surface area (Å²) in [6.45, 7) is 1.54. The molecule has 0 unspecified atom stereocenters. The molecule has 0 saturated carbocycles. The van der Waals surface area contributed by atoms with Crippen LogP contribution >= 0.6 is 12.4 Å². The molecule has 1 aliphatic heterocycles. The van der Waals surface area contributed by atoms with Crippen LogP contribution in [0, 0.1) is 11.7 Å². The number of nitrogens with one attached hydrogen (secondary N) is 2. The van der Waals surface area contributed by atoms with Gasteiger partial charge in [-0.3, -0.25) is 4.79 Å². The molecule has 2 rings (SSSR count). The van der Waals surface area contributed by atoms with Crippen molar-refractivity contribution in [3.8, 4) is 0 Å². The zero-order chi connectivity index (χ0) is 10.7. The van der Waals surface area contributed by atoms with Crippen molar-refractivity contribution in [2.45, 2.75) is 6.42 Å². The molecule has 0 spiro atoms. The van der Waals surface area contributed by atoms with Crippen molar-refractivity contribution in [3.63, 3.8) is 0 Å². The predicted octanol–water partition coefficient (Wildman–Crippen LogP) is 1.80. The van der Waals surface area contributed by atoms with Crippen molar-refractivity contribution >= 4 is 24.0 Å². The minimum Gasteiger partial charge on any atom is -0.323 e. The highest BCUT2D eigenvalue weighted by Crippen LogP contribution is 2.15. The van der Waals surface area contributed by atoms with Gasteiger partial charge in [0.2, 0.25) is 5.91 Å². The van der Waals surface area contributed by atoms with Crippen LogP contribution in [0.5, 0.6) is 0 Å². The van der Waals surface area contributed by atoms with Crippen LogP contribution in [0.2, 0.25) is 0 Å². The maximum atomic E-state index is 13.2. The van der Waals surface area contributed by atoms with Crippen molar-refractivity contribution < 1.29 is 9.18 Å². The molecular weight excluding hydrogens is 231 g/mol. The average molecular weight is 245 g/mol. The topological polar surface area (TPSA) is 41.1 Å². The lowest BCUT2D eigenvalue weighted by atomic mass is 10.1. The second kappa shape index (κ2) is 5.82. The molecule has 1 heterocycles. The summed E-state index contributed by atoms with van der Waals surface area (Å²) in [7, 11) is 0. The van der Waals surface area contributed by atoms with E-state index in [0.29, 0.717) is 6.54 Å². The van der Waals surface area contributed by atoms with Gasteiger partial charge in [-0.15, -0.1) is 12.4 Å². The summed E-state index contributed by atoms with van der Waals surface area (Å²) in [5.74, 6) is -0.536. The highest BCUT2D eigenvalue weighted by molar-refractivity contribution is 5.93. The number of amides is 1. The fourth-order valence-electron chi connectivity index (χ4n) is 1.68. The van der Waals surface area contributed by atoms with Gasteiger partial charge >= 0.3 is 0 Å². The molecular formula is C11H14ClFN2O. The Kier molecular flexibility index (Phi) is 4.71. The molecule has 2 N–H and O–H groups in total. The first kappa shape index (κ1) is 12.9. The summed E-state index contributed by atoms with van der Waals surface area (Å²) < 4.78 is 13.2. The van der Waals surface area contributed by atoms with E-state index < -0.39 is 5.82 Å². The van der Waals surface area contributed by atoms with Gasteiger partial charge in [-0.05, 0) is 25.1 Å². The molecule has 0 aromatic heterocycles. The maximum Gasteiger partial charge on any atom is 0.228 e. The van der Waals surface area contributed by atoms with Gasteiger partial charge < -0.3 is 10.6 Å². The van der Waals surface area contributed by atoms with Crippen LogP contribution in [0.25, 0.3) is 0 Å². The summed E-state index contributed by atoms with van der Waals surface area (Å²) in [4.78, 5) is 11.6. The van der Waals surface area contributed by atoms with Gasteiger partial charge in [0.05, 0.1) is 11.6 Å². The van der Waals surface area contributed by atoms with E-state index in [4.69, 9.17) is 0 Å². The number of anilines is 1. The van der Waals surface area contributed by atoms with E-state index in [9.17, 15) is 9.18 Å².